The van der Waals surface area contributed by atoms with Crippen LogP contribution in [0.25, 0.3) is 0 Å². The van der Waals surface area contributed by atoms with E-state index in [4.69, 9.17) is 9.47 Å². The van der Waals surface area contributed by atoms with Crippen molar-refractivity contribution < 1.29 is 19.1 Å². The molecule has 0 unspecified atom stereocenters. The Hall–Kier alpha value is -3.80. The van der Waals surface area contributed by atoms with E-state index in [9.17, 15) is 9.59 Å². The Bertz CT molecular complexity index is 1310. The Balaban J connectivity index is 1.21. The first-order valence-corrected chi connectivity index (χ1v) is 12.3. The monoisotopic (exact) mass is 468 g/mol. The summed E-state index contributed by atoms with van der Waals surface area (Å²) in [6.45, 7) is 1.59. The quantitative estimate of drug-likeness (QED) is 0.491. The van der Waals surface area contributed by atoms with E-state index in [1.807, 2.05) is 65.6 Å². The molecule has 3 aromatic carbocycles. The van der Waals surface area contributed by atoms with Gasteiger partial charge in [-0.2, -0.15) is 0 Å². The second kappa shape index (κ2) is 8.77. The highest BCUT2D eigenvalue weighted by Gasteiger charge is 2.31. The van der Waals surface area contributed by atoms with Gasteiger partial charge >= 0.3 is 0 Å². The Kier molecular flexibility index (Phi) is 5.44. The molecule has 0 N–H and O–H groups in total. The molecule has 1 saturated carbocycles. The number of carbonyl (C=O) groups is 2. The van der Waals surface area contributed by atoms with Crippen molar-refractivity contribution in [3.8, 4) is 11.5 Å². The third-order valence-corrected chi connectivity index (χ3v) is 7.30. The van der Waals surface area contributed by atoms with Gasteiger partial charge in [0.05, 0.1) is 19.8 Å². The Labute approximate surface area is 205 Å². The number of fused-ring (bicyclic) bond motifs is 2. The van der Waals surface area contributed by atoms with E-state index in [0.29, 0.717) is 36.7 Å². The molecule has 0 atom stereocenters. The highest BCUT2D eigenvalue weighted by Crippen LogP contribution is 2.38. The lowest BCUT2D eigenvalue weighted by molar-refractivity contribution is 0.0766. The molecular weight excluding hydrogens is 440 g/mol. The van der Waals surface area contributed by atoms with Crippen LogP contribution in [-0.4, -0.2) is 29.9 Å². The van der Waals surface area contributed by atoms with Gasteiger partial charge in [-0.15, -0.1) is 0 Å². The maximum atomic E-state index is 13.4. The molecule has 2 aliphatic heterocycles. The highest BCUT2D eigenvalue weighted by molar-refractivity contribution is 6.10. The van der Waals surface area contributed by atoms with Gasteiger partial charge in [0.25, 0.3) is 11.8 Å². The normalized spacial score (nSPS) is 17.2. The topological polar surface area (TPSA) is 59.1 Å². The number of amides is 2. The lowest BCUT2D eigenvalue weighted by Crippen LogP contribution is -2.24. The van der Waals surface area contributed by atoms with Crippen molar-refractivity contribution in [2.24, 2.45) is 0 Å². The lowest BCUT2D eigenvalue weighted by atomic mass is 10.1. The number of nitrogens with zero attached hydrogens (tertiary/aromatic N) is 2. The van der Waals surface area contributed by atoms with E-state index >= 15 is 0 Å². The Morgan fingerprint density at radius 1 is 0.829 bits per heavy atom. The van der Waals surface area contributed by atoms with Gasteiger partial charge in [-0.3, -0.25) is 9.59 Å². The van der Waals surface area contributed by atoms with Gasteiger partial charge in [0.15, 0.2) is 11.5 Å². The van der Waals surface area contributed by atoms with Gasteiger partial charge in [-0.1, -0.05) is 30.3 Å². The largest absolute Gasteiger partial charge is 0.493 e. The number of anilines is 1. The first-order chi connectivity index (χ1) is 17.1. The van der Waals surface area contributed by atoms with Crippen LogP contribution in [0.2, 0.25) is 0 Å². The molecule has 3 aliphatic rings. The van der Waals surface area contributed by atoms with Crippen LogP contribution < -0.4 is 14.4 Å². The molecule has 2 amide bonds. The van der Waals surface area contributed by atoms with Crippen LogP contribution in [0.4, 0.5) is 5.69 Å². The number of benzene rings is 3. The second-order valence-corrected chi connectivity index (χ2v) is 9.56. The zero-order valence-electron chi connectivity index (χ0n) is 19.8. The van der Waals surface area contributed by atoms with E-state index in [-0.39, 0.29) is 17.9 Å². The van der Waals surface area contributed by atoms with Crippen LogP contribution in [0, 0.1) is 0 Å². The molecule has 35 heavy (non-hydrogen) atoms. The van der Waals surface area contributed by atoms with Crippen molar-refractivity contribution in [2.45, 2.75) is 51.4 Å². The van der Waals surface area contributed by atoms with Gasteiger partial charge in [-0.25, -0.2) is 0 Å². The standard InChI is InChI=1S/C29H28N2O4/c1-34-26-13-12-22(15-27(26)35-23-7-3-4-8-23)31-18-21-11-10-19(14-25(21)29(31)33)16-30-17-20-6-2-5-9-24(20)28(30)32/h2,5-6,9-15,23H,3-4,7-8,16-18H2,1H3. The summed E-state index contributed by atoms with van der Waals surface area (Å²) in [5.74, 6) is 1.38. The van der Waals surface area contributed by atoms with Crippen LogP contribution in [0.1, 0.15) is 63.1 Å². The minimum absolute atomic E-state index is 0.0325. The molecule has 0 spiro atoms. The maximum Gasteiger partial charge on any atom is 0.258 e. The average molecular weight is 469 g/mol. The van der Waals surface area contributed by atoms with Crippen LogP contribution in [-0.2, 0) is 19.6 Å². The van der Waals surface area contributed by atoms with Gasteiger partial charge in [0.1, 0.15) is 0 Å². The fraction of sp³-hybridized carbons (Fsp3) is 0.310. The summed E-state index contributed by atoms with van der Waals surface area (Å²) in [6, 6.07) is 19.4. The van der Waals surface area contributed by atoms with Crippen molar-refractivity contribution in [3.05, 3.63) is 88.5 Å². The fourth-order valence-corrected chi connectivity index (χ4v) is 5.43. The van der Waals surface area contributed by atoms with Crippen LogP contribution >= 0.6 is 0 Å². The molecule has 6 rings (SSSR count). The van der Waals surface area contributed by atoms with E-state index < -0.39 is 0 Å². The molecule has 0 bridgehead atoms. The van der Waals surface area contributed by atoms with Crippen molar-refractivity contribution >= 4 is 17.5 Å². The molecule has 6 nitrogen and oxygen atoms in total. The van der Waals surface area contributed by atoms with E-state index in [0.717, 1.165) is 40.8 Å². The molecule has 178 valence electrons. The Morgan fingerprint density at radius 2 is 1.63 bits per heavy atom. The molecule has 0 radical (unpaired) electrons. The number of ether oxygens (including phenoxy) is 2. The van der Waals surface area contributed by atoms with Gasteiger partial charge in [-0.05, 0) is 66.6 Å². The molecule has 0 saturated heterocycles. The van der Waals surface area contributed by atoms with E-state index in [1.165, 1.54) is 12.8 Å². The lowest BCUT2D eigenvalue weighted by Gasteiger charge is -2.20. The van der Waals surface area contributed by atoms with Gasteiger partial charge in [0, 0.05) is 36.0 Å². The minimum Gasteiger partial charge on any atom is -0.493 e. The van der Waals surface area contributed by atoms with E-state index in [2.05, 4.69) is 0 Å². The van der Waals surface area contributed by atoms with Crippen molar-refractivity contribution in [3.63, 3.8) is 0 Å². The fourth-order valence-electron chi connectivity index (χ4n) is 5.43. The number of rotatable bonds is 6. The first-order valence-electron chi connectivity index (χ1n) is 12.3. The summed E-state index contributed by atoms with van der Waals surface area (Å²) >= 11 is 0. The van der Waals surface area contributed by atoms with Crippen molar-refractivity contribution in [2.75, 3.05) is 12.0 Å². The summed E-state index contributed by atoms with van der Waals surface area (Å²) in [7, 11) is 1.64. The minimum atomic E-state index is -0.0325. The van der Waals surface area contributed by atoms with Crippen molar-refractivity contribution in [1.82, 2.24) is 4.90 Å². The molecule has 3 aromatic rings. The maximum absolute atomic E-state index is 13.4. The first kappa shape index (κ1) is 21.7. The number of hydrogen-bond donors (Lipinski definition) is 0. The smallest absolute Gasteiger partial charge is 0.258 e. The van der Waals surface area contributed by atoms with Crippen LogP contribution in [0.5, 0.6) is 11.5 Å². The average Bonchev–Trinajstić information content (AvgIpc) is 3.59. The zero-order valence-corrected chi connectivity index (χ0v) is 19.8. The van der Waals surface area contributed by atoms with Crippen LogP contribution in [0.3, 0.4) is 0 Å². The zero-order chi connectivity index (χ0) is 23.9. The van der Waals surface area contributed by atoms with Gasteiger partial charge in [0.2, 0.25) is 0 Å². The summed E-state index contributed by atoms with van der Waals surface area (Å²) in [6.07, 6.45) is 4.67. The Morgan fingerprint density at radius 3 is 2.43 bits per heavy atom. The van der Waals surface area contributed by atoms with E-state index in [1.54, 1.807) is 12.0 Å². The molecule has 1 fully saturated rings. The highest BCUT2D eigenvalue weighted by atomic mass is 16.5. The summed E-state index contributed by atoms with van der Waals surface area (Å²) in [5, 5.41) is 0. The SMILES string of the molecule is COc1ccc(N2Cc3ccc(CN4Cc5ccccc5C4=O)cc3C2=O)cc1OC1CCCC1. The molecule has 1 aliphatic carbocycles. The molecule has 2 heterocycles. The third kappa shape index (κ3) is 3.93. The molecule has 0 aromatic heterocycles. The van der Waals surface area contributed by atoms with Crippen LogP contribution in [0.15, 0.2) is 60.7 Å². The molecular formula is C29H28N2O4. The summed E-state index contributed by atoms with van der Waals surface area (Å²) in [5.41, 5.74) is 5.26. The summed E-state index contributed by atoms with van der Waals surface area (Å²) < 4.78 is 11.8. The molecule has 6 heteroatoms. The predicted octanol–water partition coefficient (Wildman–Crippen LogP) is 5.33. The number of hydrogen-bond acceptors (Lipinski definition) is 4. The van der Waals surface area contributed by atoms with Gasteiger partial charge < -0.3 is 19.3 Å². The third-order valence-electron chi connectivity index (χ3n) is 7.30. The number of methoxy groups -OCH3 is 1. The summed E-state index contributed by atoms with van der Waals surface area (Å²) in [4.78, 5) is 29.8. The predicted molar refractivity (Wildman–Crippen MR) is 133 cm³/mol. The second-order valence-electron chi connectivity index (χ2n) is 9.56. The van der Waals surface area contributed by atoms with Crippen molar-refractivity contribution in [1.29, 1.82) is 0 Å². The number of carbonyl (C=O) groups excluding carboxylic acids is 2.